The molecular formula is C39H48N4O9. The Hall–Kier alpha value is -5.33. The molecule has 1 aliphatic heterocycles. The number of para-hydroxylation sites is 1. The summed E-state index contributed by atoms with van der Waals surface area (Å²) >= 11 is 0. The van der Waals surface area contributed by atoms with Gasteiger partial charge < -0.3 is 39.4 Å². The zero-order valence-electron chi connectivity index (χ0n) is 29.8. The molecule has 1 saturated carbocycles. The van der Waals surface area contributed by atoms with E-state index in [0.29, 0.717) is 49.8 Å². The first kappa shape index (κ1) is 37.9. The second kappa shape index (κ2) is 18.2. The number of rotatable bonds is 14. The maximum atomic E-state index is 13.4. The summed E-state index contributed by atoms with van der Waals surface area (Å²) in [6.45, 7) is 4.81. The van der Waals surface area contributed by atoms with E-state index in [2.05, 4.69) is 10.6 Å². The number of carboxylic acid groups (broad SMARTS) is 1. The number of nitrogens with zero attached hydrogens (tertiary/aromatic N) is 2. The summed E-state index contributed by atoms with van der Waals surface area (Å²) < 4.78 is 16.6. The molecule has 3 N–H and O–H groups in total. The first-order valence-electron chi connectivity index (χ1n) is 18.0. The third-order valence-electron chi connectivity index (χ3n) is 9.42. The SMILES string of the molecule is CC(C)C[C@H](NC(=O)COc1ccccc1C1CCCCC1)C(=O)N[C@@H](Cc1ccc(OC(=O)N2CCN(C(=O)c3ccco3)CC2)cc1)C(=O)O. The molecule has 0 spiro atoms. The Balaban J connectivity index is 1.11. The first-order chi connectivity index (χ1) is 25.1. The van der Waals surface area contributed by atoms with Crippen molar-refractivity contribution in [1.82, 2.24) is 20.4 Å². The highest BCUT2D eigenvalue weighted by molar-refractivity contribution is 5.92. The Morgan fingerprint density at radius 2 is 1.54 bits per heavy atom. The third-order valence-corrected chi connectivity index (χ3v) is 9.42. The van der Waals surface area contributed by atoms with Crippen LogP contribution in [0.15, 0.2) is 71.3 Å². The minimum atomic E-state index is -1.27. The van der Waals surface area contributed by atoms with Crippen molar-refractivity contribution in [3.05, 3.63) is 83.8 Å². The van der Waals surface area contributed by atoms with Crippen LogP contribution in [0.3, 0.4) is 0 Å². The molecule has 3 aromatic rings. The molecular weight excluding hydrogens is 668 g/mol. The second-order valence-corrected chi connectivity index (χ2v) is 13.8. The number of aliphatic carboxylic acids is 1. The number of furan rings is 1. The summed E-state index contributed by atoms with van der Waals surface area (Å²) in [4.78, 5) is 67.0. The van der Waals surface area contributed by atoms with Crippen molar-refractivity contribution >= 4 is 29.8 Å². The molecule has 13 nitrogen and oxygen atoms in total. The van der Waals surface area contributed by atoms with Crippen LogP contribution in [0, 0.1) is 5.92 Å². The molecule has 2 heterocycles. The molecule has 0 unspecified atom stereocenters. The molecule has 1 aliphatic carbocycles. The molecule has 2 aromatic carbocycles. The van der Waals surface area contributed by atoms with E-state index in [1.54, 1.807) is 41.3 Å². The monoisotopic (exact) mass is 716 g/mol. The van der Waals surface area contributed by atoms with Gasteiger partial charge in [0.2, 0.25) is 5.91 Å². The number of carbonyl (C=O) groups excluding carboxylic acids is 4. The van der Waals surface area contributed by atoms with E-state index in [1.165, 1.54) is 30.4 Å². The summed E-state index contributed by atoms with van der Waals surface area (Å²) in [7, 11) is 0. The highest BCUT2D eigenvalue weighted by Gasteiger charge is 2.29. The third kappa shape index (κ3) is 10.6. The second-order valence-electron chi connectivity index (χ2n) is 13.8. The molecule has 0 radical (unpaired) electrons. The largest absolute Gasteiger partial charge is 0.483 e. The Morgan fingerprint density at radius 1 is 0.846 bits per heavy atom. The van der Waals surface area contributed by atoms with Gasteiger partial charge >= 0.3 is 12.1 Å². The van der Waals surface area contributed by atoms with Gasteiger partial charge in [0.25, 0.3) is 11.8 Å². The van der Waals surface area contributed by atoms with Gasteiger partial charge in [0.05, 0.1) is 6.26 Å². The fourth-order valence-electron chi connectivity index (χ4n) is 6.66. The lowest BCUT2D eigenvalue weighted by Crippen LogP contribution is -2.53. The number of hydrogen-bond donors (Lipinski definition) is 3. The number of piperazine rings is 1. The van der Waals surface area contributed by atoms with Gasteiger partial charge in [-0.3, -0.25) is 14.4 Å². The molecule has 1 saturated heterocycles. The number of amides is 4. The number of nitrogens with one attached hydrogen (secondary N) is 2. The van der Waals surface area contributed by atoms with Gasteiger partial charge in [0.1, 0.15) is 23.6 Å². The average Bonchev–Trinajstić information content (AvgIpc) is 3.69. The van der Waals surface area contributed by atoms with Gasteiger partial charge in [-0.2, -0.15) is 0 Å². The van der Waals surface area contributed by atoms with Crippen molar-refractivity contribution in [2.45, 2.75) is 76.8 Å². The number of ether oxygens (including phenoxy) is 2. The Bertz CT molecular complexity index is 1660. The van der Waals surface area contributed by atoms with Crippen molar-refractivity contribution in [2.75, 3.05) is 32.8 Å². The van der Waals surface area contributed by atoms with E-state index < -0.39 is 36.0 Å². The van der Waals surface area contributed by atoms with Crippen LogP contribution in [0.4, 0.5) is 4.79 Å². The molecule has 2 fully saturated rings. The quantitative estimate of drug-likeness (QED) is 0.208. The average molecular weight is 717 g/mol. The van der Waals surface area contributed by atoms with Crippen molar-refractivity contribution in [3.8, 4) is 11.5 Å². The predicted molar refractivity (Wildman–Crippen MR) is 191 cm³/mol. The minimum absolute atomic E-state index is 0.0373. The van der Waals surface area contributed by atoms with E-state index in [4.69, 9.17) is 13.9 Å². The van der Waals surface area contributed by atoms with Crippen LogP contribution in [0.25, 0.3) is 0 Å². The van der Waals surface area contributed by atoms with Crippen molar-refractivity contribution in [1.29, 1.82) is 0 Å². The highest BCUT2D eigenvalue weighted by Crippen LogP contribution is 2.37. The first-order valence-corrected chi connectivity index (χ1v) is 18.0. The van der Waals surface area contributed by atoms with Gasteiger partial charge in [-0.05, 0) is 72.6 Å². The Labute approximate surface area is 303 Å². The summed E-state index contributed by atoms with van der Waals surface area (Å²) in [6, 6.07) is 15.1. The molecule has 1 aromatic heterocycles. The number of carbonyl (C=O) groups is 5. The minimum Gasteiger partial charge on any atom is -0.483 e. The zero-order valence-corrected chi connectivity index (χ0v) is 29.8. The standard InChI is InChI=1S/C39H48N4O9/c1-26(2)23-31(40-35(44)25-51-33-12-7-6-11-30(33)28-9-4-3-5-10-28)36(45)41-32(38(47)48)24-27-14-16-29(17-15-27)52-39(49)43-20-18-42(19-21-43)37(46)34-13-8-22-50-34/h6-8,11-17,22,26,28,31-32H,3-5,9-10,18-21,23-25H2,1-2H3,(H,40,44)(H,41,45)(H,47,48)/t31-,32-/m0/s1. The summed E-state index contributed by atoms with van der Waals surface area (Å²) in [6.07, 6.45) is 6.88. The van der Waals surface area contributed by atoms with E-state index >= 15 is 0 Å². The van der Waals surface area contributed by atoms with Crippen LogP contribution in [0.1, 0.15) is 80.0 Å². The van der Waals surface area contributed by atoms with Gasteiger partial charge in [0, 0.05) is 32.6 Å². The van der Waals surface area contributed by atoms with E-state index in [1.807, 2.05) is 38.1 Å². The van der Waals surface area contributed by atoms with Gasteiger partial charge in [-0.1, -0.05) is 63.4 Å². The van der Waals surface area contributed by atoms with Crippen molar-refractivity contribution in [2.24, 2.45) is 5.92 Å². The highest BCUT2D eigenvalue weighted by atomic mass is 16.6. The van der Waals surface area contributed by atoms with Crippen LogP contribution in [0.5, 0.6) is 11.5 Å². The Kier molecular flexibility index (Phi) is 13.3. The van der Waals surface area contributed by atoms with E-state index in [0.717, 1.165) is 18.4 Å². The van der Waals surface area contributed by atoms with Crippen LogP contribution in [-0.4, -0.2) is 89.6 Å². The van der Waals surface area contributed by atoms with Crippen LogP contribution < -0.4 is 20.1 Å². The van der Waals surface area contributed by atoms with E-state index in [-0.39, 0.29) is 36.4 Å². The summed E-state index contributed by atoms with van der Waals surface area (Å²) in [5.74, 6) is -0.932. The lowest BCUT2D eigenvalue weighted by Gasteiger charge is -2.33. The summed E-state index contributed by atoms with van der Waals surface area (Å²) in [5, 5.41) is 15.3. The molecule has 52 heavy (non-hydrogen) atoms. The maximum Gasteiger partial charge on any atom is 0.415 e. The molecule has 0 bridgehead atoms. The number of benzene rings is 2. The predicted octanol–water partition coefficient (Wildman–Crippen LogP) is 5.01. The molecule has 278 valence electrons. The summed E-state index contributed by atoms with van der Waals surface area (Å²) in [5.41, 5.74) is 1.68. The van der Waals surface area contributed by atoms with Gasteiger partial charge in [-0.25, -0.2) is 9.59 Å². The van der Waals surface area contributed by atoms with Crippen LogP contribution >= 0.6 is 0 Å². The Morgan fingerprint density at radius 3 is 2.19 bits per heavy atom. The molecule has 5 rings (SSSR count). The fourth-order valence-corrected chi connectivity index (χ4v) is 6.66. The molecule has 13 heteroatoms. The number of hydrogen-bond acceptors (Lipinski definition) is 8. The van der Waals surface area contributed by atoms with Gasteiger partial charge in [0.15, 0.2) is 12.4 Å². The normalized spacial score (nSPS) is 16.1. The van der Waals surface area contributed by atoms with Gasteiger partial charge in [-0.15, -0.1) is 0 Å². The van der Waals surface area contributed by atoms with Crippen LogP contribution in [0.2, 0.25) is 0 Å². The molecule has 2 aliphatic rings. The smallest absolute Gasteiger partial charge is 0.415 e. The maximum absolute atomic E-state index is 13.4. The zero-order chi connectivity index (χ0) is 37.0. The topological polar surface area (TPSA) is 168 Å². The van der Waals surface area contributed by atoms with Crippen molar-refractivity contribution < 1.29 is 43.0 Å². The van der Waals surface area contributed by atoms with Crippen molar-refractivity contribution in [3.63, 3.8) is 0 Å². The number of carboxylic acids is 1. The van der Waals surface area contributed by atoms with Crippen LogP contribution in [-0.2, 0) is 20.8 Å². The molecule has 2 atom stereocenters. The lowest BCUT2D eigenvalue weighted by atomic mass is 9.84. The lowest BCUT2D eigenvalue weighted by molar-refractivity contribution is -0.142. The van der Waals surface area contributed by atoms with E-state index in [9.17, 15) is 29.1 Å². The molecule has 4 amide bonds. The fraction of sp³-hybridized carbons (Fsp3) is 0.462.